The van der Waals surface area contributed by atoms with Crippen molar-refractivity contribution in [2.75, 3.05) is 31.5 Å². The van der Waals surface area contributed by atoms with Crippen LogP contribution in [0, 0.1) is 0 Å². The largest absolute Gasteiger partial charge is 0.386 e. The number of hydrogen-bond donors (Lipinski definition) is 3. The molecule has 3 N–H and O–H groups in total. The fourth-order valence-corrected chi connectivity index (χ4v) is 4.31. The molecule has 0 aliphatic carbocycles. The van der Waals surface area contributed by atoms with Crippen LogP contribution in [-0.2, 0) is 17.6 Å². The maximum atomic E-state index is 10.4. The van der Waals surface area contributed by atoms with Crippen molar-refractivity contribution < 1.29 is 5.11 Å². The zero-order valence-corrected chi connectivity index (χ0v) is 16.9. The summed E-state index contributed by atoms with van der Waals surface area (Å²) in [5, 5.41) is 17.4. The molecule has 4 heteroatoms. The maximum absolute atomic E-state index is 10.4. The van der Waals surface area contributed by atoms with E-state index in [4.69, 9.17) is 0 Å². The van der Waals surface area contributed by atoms with E-state index in [1.165, 1.54) is 22.4 Å². The predicted molar refractivity (Wildman–Crippen MR) is 112 cm³/mol. The van der Waals surface area contributed by atoms with E-state index in [9.17, 15) is 5.11 Å². The maximum Gasteiger partial charge on any atom is 0.0841 e. The SMILES string of the molecule is CC(C)(O)c1ccc2c(c1)Nc1ccc(CN3CCNCC3)cc1C2(C)C. The Hall–Kier alpha value is -1.88. The summed E-state index contributed by atoms with van der Waals surface area (Å²) in [5.74, 6) is 0. The van der Waals surface area contributed by atoms with E-state index in [1.54, 1.807) is 0 Å². The number of aliphatic hydroxyl groups is 1. The van der Waals surface area contributed by atoms with Gasteiger partial charge in [0.05, 0.1) is 5.60 Å². The van der Waals surface area contributed by atoms with Crippen molar-refractivity contribution in [3.8, 4) is 0 Å². The molecule has 144 valence electrons. The summed E-state index contributed by atoms with van der Waals surface area (Å²) in [5.41, 5.74) is 6.29. The van der Waals surface area contributed by atoms with Gasteiger partial charge in [-0.05, 0) is 48.2 Å². The van der Waals surface area contributed by atoms with Gasteiger partial charge in [0, 0.05) is 49.5 Å². The molecule has 27 heavy (non-hydrogen) atoms. The van der Waals surface area contributed by atoms with Crippen LogP contribution in [0.4, 0.5) is 11.4 Å². The molecule has 0 radical (unpaired) electrons. The van der Waals surface area contributed by atoms with E-state index in [2.05, 4.69) is 65.8 Å². The lowest BCUT2D eigenvalue weighted by Crippen LogP contribution is -2.42. The number of fused-ring (bicyclic) bond motifs is 2. The van der Waals surface area contributed by atoms with E-state index >= 15 is 0 Å². The summed E-state index contributed by atoms with van der Waals surface area (Å²) in [6.45, 7) is 13.6. The second-order valence-electron chi connectivity index (χ2n) is 8.98. The lowest BCUT2D eigenvalue weighted by Gasteiger charge is -2.37. The van der Waals surface area contributed by atoms with Crippen molar-refractivity contribution in [3.05, 3.63) is 58.7 Å². The van der Waals surface area contributed by atoms with Crippen LogP contribution in [0.15, 0.2) is 36.4 Å². The number of rotatable bonds is 3. The smallest absolute Gasteiger partial charge is 0.0841 e. The highest BCUT2D eigenvalue weighted by molar-refractivity contribution is 5.76. The zero-order chi connectivity index (χ0) is 19.2. The summed E-state index contributed by atoms with van der Waals surface area (Å²) in [6.07, 6.45) is 0. The summed E-state index contributed by atoms with van der Waals surface area (Å²) in [6, 6.07) is 13.1. The number of piperazine rings is 1. The fourth-order valence-electron chi connectivity index (χ4n) is 4.31. The Morgan fingerprint density at radius 3 is 2.44 bits per heavy atom. The Kier molecular flexibility index (Phi) is 4.53. The van der Waals surface area contributed by atoms with Gasteiger partial charge in [-0.1, -0.05) is 38.1 Å². The third-order valence-corrected chi connectivity index (χ3v) is 6.04. The Balaban J connectivity index is 1.67. The first-order chi connectivity index (χ1) is 12.7. The highest BCUT2D eigenvalue weighted by atomic mass is 16.3. The van der Waals surface area contributed by atoms with Gasteiger partial charge in [-0.15, -0.1) is 0 Å². The van der Waals surface area contributed by atoms with Crippen LogP contribution in [0.25, 0.3) is 0 Å². The molecule has 2 aromatic carbocycles. The summed E-state index contributed by atoms with van der Waals surface area (Å²) in [4.78, 5) is 2.52. The molecule has 2 aliphatic heterocycles. The first kappa shape index (κ1) is 18.5. The van der Waals surface area contributed by atoms with Gasteiger partial charge >= 0.3 is 0 Å². The van der Waals surface area contributed by atoms with Gasteiger partial charge in [0.25, 0.3) is 0 Å². The molecule has 0 spiro atoms. The van der Waals surface area contributed by atoms with Crippen molar-refractivity contribution in [1.29, 1.82) is 0 Å². The number of anilines is 2. The number of nitrogens with zero attached hydrogens (tertiary/aromatic N) is 1. The van der Waals surface area contributed by atoms with Crippen LogP contribution < -0.4 is 10.6 Å². The molecule has 2 aliphatic rings. The zero-order valence-electron chi connectivity index (χ0n) is 16.9. The molecule has 2 heterocycles. The van der Waals surface area contributed by atoms with Gasteiger partial charge < -0.3 is 15.7 Å². The highest BCUT2D eigenvalue weighted by Crippen LogP contribution is 2.46. The van der Waals surface area contributed by atoms with E-state index in [0.717, 1.165) is 44.0 Å². The van der Waals surface area contributed by atoms with Crippen LogP contribution in [-0.4, -0.2) is 36.2 Å². The molecule has 1 saturated heterocycles. The minimum Gasteiger partial charge on any atom is -0.386 e. The van der Waals surface area contributed by atoms with Gasteiger partial charge in [-0.3, -0.25) is 4.90 Å². The van der Waals surface area contributed by atoms with Gasteiger partial charge in [-0.2, -0.15) is 0 Å². The third-order valence-electron chi connectivity index (χ3n) is 6.04. The van der Waals surface area contributed by atoms with Crippen LogP contribution in [0.2, 0.25) is 0 Å². The second kappa shape index (κ2) is 6.62. The Labute approximate surface area is 162 Å². The molecular formula is C23H31N3O. The predicted octanol–water partition coefficient (Wildman–Crippen LogP) is 3.70. The number of hydrogen-bond acceptors (Lipinski definition) is 4. The molecular weight excluding hydrogens is 334 g/mol. The Morgan fingerprint density at radius 1 is 1.00 bits per heavy atom. The first-order valence-corrected chi connectivity index (χ1v) is 9.96. The Morgan fingerprint density at radius 2 is 1.74 bits per heavy atom. The molecule has 4 nitrogen and oxygen atoms in total. The van der Waals surface area contributed by atoms with Crippen molar-refractivity contribution in [2.24, 2.45) is 0 Å². The normalized spacial score (nSPS) is 19.1. The molecule has 1 fully saturated rings. The van der Waals surface area contributed by atoms with E-state index in [0.29, 0.717) is 0 Å². The topological polar surface area (TPSA) is 47.5 Å². The average Bonchev–Trinajstić information content (AvgIpc) is 2.62. The lowest BCUT2D eigenvalue weighted by atomic mass is 9.73. The summed E-state index contributed by atoms with van der Waals surface area (Å²) < 4.78 is 0. The van der Waals surface area contributed by atoms with Crippen LogP contribution in [0.1, 0.15) is 49.9 Å². The average molecular weight is 366 g/mol. The van der Waals surface area contributed by atoms with Crippen molar-refractivity contribution >= 4 is 11.4 Å². The molecule has 4 rings (SSSR count). The standard InChI is InChI=1S/C23H31N3O/c1-22(2)18-7-6-17(23(3,4)27)14-21(18)25-20-8-5-16(13-19(20)22)15-26-11-9-24-10-12-26/h5-8,13-14,24-25,27H,9-12,15H2,1-4H3. The second-order valence-corrected chi connectivity index (χ2v) is 8.98. The van der Waals surface area contributed by atoms with Crippen LogP contribution in [0.5, 0.6) is 0 Å². The molecule has 0 amide bonds. The molecule has 0 saturated carbocycles. The van der Waals surface area contributed by atoms with Crippen molar-refractivity contribution in [3.63, 3.8) is 0 Å². The lowest BCUT2D eigenvalue weighted by molar-refractivity contribution is 0.0786. The minimum atomic E-state index is -0.839. The molecule has 0 atom stereocenters. The molecule has 2 aromatic rings. The highest BCUT2D eigenvalue weighted by Gasteiger charge is 2.33. The molecule has 0 aromatic heterocycles. The van der Waals surface area contributed by atoms with Gasteiger partial charge in [0.15, 0.2) is 0 Å². The molecule has 0 unspecified atom stereocenters. The van der Waals surface area contributed by atoms with Gasteiger partial charge in [-0.25, -0.2) is 0 Å². The van der Waals surface area contributed by atoms with Crippen LogP contribution in [0.3, 0.4) is 0 Å². The van der Waals surface area contributed by atoms with Gasteiger partial charge in [0.1, 0.15) is 0 Å². The van der Waals surface area contributed by atoms with E-state index in [1.807, 2.05) is 13.8 Å². The van der Waals surface area contributed by atoms with Crippen molar-refractivity contribution in [1.82, 2.24) is 10.2 Å². The van der Waals surface area contributed by atoms with E-state index < -0.39 is 5.60 Å². The Bertz CT molecular complexity index is 845. The first-order valence-electron chi connectivity index (χ1n) is 9.96. The van der Waals surface area contributed by atoms with Gasteiger partial charge in [0.2, 0.25) is 0 Å². The minimum absolute atomic E-state index is 0.0759. The number of benzene rings is 2. The van der Waals surface area contributed by atoms with E-state index in [-0.39, 0.29) is 5.41 Å². The van der Waals surface area contributed by atoms with Crippen LogP contribution >= 0.6 is 0 Å². The monoisotopic (exact) mass is 365 g/mol. The van der Waals surface area contributed by atoms with Crippen molar-refractivity contribution in [2.45, 2.75) is 45.3 Å². The third kappa shape index (κ3) is 3.49. The quantitative estimate of drug-likeness (QED) is 0.776. The molecule has 0 bridgehead atoms. The fraction of sp³-hybridized carbons (Fsp3) is 0.478. The number of nitrogens with one attached hydrogen (secondary N) is 2. The summed E-state index contributed by atoms with van der Waals surface area (Å²) in [7, 11) is 0. The summed E-state index contributed by atoms with van der Waals surface area (Å²) >= 11 is 0.